The highest BCUT2D eigenvalue weighted by Crippen LogP contribution is 2.36. The standard InChI is InChI=1S/C17H23ClN4O/c1-12(2)10-22-16(18)14(13(3)20-22)6-7-15(23)21(4)17(11-19)8-5-9-17/h6-7,12H,5,8-10H2,1-4H3/b7-6+. The van der Waals surface area contributed by atoms with Crippen LogP contribution >= 0.6 is 11.6 Å². The van der Waals surface area contributed by atoms with Gasteiger partial charge >= 0.3 is 0 Å². The van der Waals surface area contributed by atoms with Crippen LogP contribution in [0, 0.1) is 24.2 Å². The van der Waals surface area contributed by atoms with Crippen molar-refractivity contribution in [2.45, 2.75) is 52.1 Å². The fourth-order valence-electron chi connectivity index (χ4n) is 2.73. The minimum Gasteiger partial charge on any atom is -0.323 e. The quantitative estimate of drug-likeness (QED) is 0.775. The van der Waals surface area contributed by atoms with Gasteiger partial charge in [-0.1, -0.05) is 25.4 Å². The molecule has 124 valence electrons. The smallest absolute Gasteiger partial charge is 0.247 e. The summed E-state index contributed by atoms with van der Waals surface area (Å²) in [5.41, 5.74) is 0.914. The molecule has 0 atom stereocenters. The van der Waals surface area contributed by atoms with E-state index in [0.29, 0.717) is 11.1 Å². The summed E-state index contributed by atoms with van der Waals surface area (Å²) in [6, 6.07) is 2.27. The molecule has 23 heavy (non-hydrogen) atoms. The molecule has 0 bridgehead atoms. The minimum atomic E-state index is -0.637. The molecule has 0 spiro atoms. The predicted molar refractivity (Wildman–Crippen MR) is 90.8 cm³/mol. The zero-order chi connectivity index (χ0) is 17.2. The summed E-state index contributed by atoms with van der Waals surface area (Å²) < 4.78 is 1.76. The lowest BCUT2D eigenvalue weighted by molar-refractivity contribution is -0.130. The average Bonchev–Trinajstić information content (AvgIpc) is 2.69. The van der Waals surface area contributed by atoms with Crippen LogP contribution < -0.4 is 0 Å². The second-order valence-electron chi connectivity index (χ2n) is 6.59. The number of rotatable bonds is 5. The predicted octanol–water partition coefficient (Wildman–Crippen LogP) is 3.42. The number of halogens is 1. The Morgan fingerprint density at radius 2 is 2.22 bits per heavy atom. The summed E-state index contributed by atoms with van der Waals surface area (Å²) in [4.78, 5) is 13.9. The Bertz CT molecular complexity index is 665. The third-order valence-corrected chi connectivity index (χ3v) is 4.80. The van der Waals surface area contributed by atoms with Gasteiger partial charge in [0.05, 0.1) is 11.8 Å². The highest BCUT2D eigenvalue weighted by molar-refractivity contribution is 6.31. The molecule has 0 aliphatic heterocycles. The van der Waals surface area contributed by atoms with Gasteiger partial charge in [0.2, 0.25) is 5.91 Å². The number of aryl methyl sites for hydroxylation is 1. The van der Waals surface area contributed by atoms with Crippen molar-refractivity contribution in [3.63, 3.8) is 0 Å². The van der Waals surface area contributed by atoms with Crippen molar-refractivity contribution >= 4 is 23.6 Å². The highest BCUT2D eigenvalue weighted by Gasteiger charge is 2.42. The van der Waals surface area contributed by atoms with Crippen molar-refractivity contribution in [2.75, 3.05) is 7.05 Å². The number of nitriles is 1. The first-order chi connectivity index (χ1) is 10.8. The van der Waals surface area contributed by atoms with Gasteiger partial charge in [-0.15, -0.1) is 0 Å². The molecular weight excluding hydrogens is 312 g/mol. The number of hydrogen-bond acceptors (Lipinski definition) is 3. The van der Waals surface area contributed by atoms with Crippen LogP contribution in [-0.4, -0.2) is 33.2 Å². The zero-order valence-electron chi connectivity index (χ0n) is 14.1. The summed E-state index contributed by atoms with van der Waals surface area (Å²) in [6.07, 6.45) is 5.65. The zero-order valence-corrected chi connectivity index (χ0v) is 14.9. The normalized spacial score (nSPS) is 16.4. The fraction of sp³-hybridized carbons (Fsp3) is 0.588. The molecule has 1 amide bonds. The van der Waals surface area contributed by atoms with Crippen LogP contribution in [0.2, 0.25) is 5.15 Å². The van der Waals surface area contributed by atoms with Gasteiger partial charge in [0.1, 0.15) is 10.7 Å². The molecule has 0 radical (unpaired) electrons. The minimum absolute atomic E-state index is 0.182. The first kappa shape index (κ1) is 17.6. The number of amides is 1. The van der Waals surface area contributed by atoms with E-state index in [0.717, 1.165) is 37.1 Å². The van der Waals surface area contributed by atoms with E-state index in [4.69, 9.17) is 11.6 Å². The molecule has 1 aliphatic carbocycles. The van der Waals surface area contributed by atoms with Crippen LogP contribution in [0.15, 0.2) is 6.08 Å². The third kappa shape index (κ3) is 3.42. The summed E-state index contributed by atoms with van der Waals surface area (Å²) in [7, 11) is 1.69. The number of aromatic nitrogens is 2. The van der Waals surface area contributed by atoms with E-state index in [1.54, 1.807) is 17.8 Å². The van der Waals surface area contributed by atoms with E-state index in [1.807, 2.05) is 6.92 Å². The Balaban J connectivity index is 2.15. The molecule has 1 aromatic rings. The molecule has 0 N–H and O–H groups in total. The van der Waals surface area contributed by atoms with Crippen LogP contribution in [0.1, 0.15) is 44.4 Å². The lowest BCUT2D eigenvalue weighted by Crippen LogP contribution is -2.52. The molecule has 1 heterocycles. The summed E-state index contributed by atoms with van der Waals surface area (Å²) in [6.45, 7) is 6.81. The second kappa shape index (κ2) is 6.76. The van der Waals surface area contributed by atoms with Gasteiger partial charge in [-0.2, -0.15) is 10.4 Å². The largest absolute Gasteiger partial charge is 0.323 e. The van der Waals surface area contributed by atoms with Crippen molar-refractivity contribution in [2.24, 2.45) is 5.92 Å². The monoisotopic (exact) mass is 334 g/mol. The van der Waals surface area contributed by atoms with E-state index in [1.165, 1.54) is 11.0 Å². The van der Waals surface area contributed by atoms with E-state index in [2.05, 4.69) is 25.0 Å². The molecule has 1 aliphatic rings. The molecule has 2 rings (SSSR count). The van der Waals surface area contributed by atoms with Crippen LogP contribution in [0.3, 0.4) is 0 Å². The topological polar surface area (TPSA) is 61.9 Å². The second-order valence-corrected chi connectivity index (χ2v) is 6.95. The van der Waals surface area contributed by atoms with Gasteiger partial charge in [-0.25, -0.2) is 0 Å². The molecular formula is C17H23ClN4O. The van der Waals surface area contributed by atoms with Gasteiger partial charge in [-0.05, 0) is 38.2 Å². The highest BCUT2D eigenvalue weighted by atomic mass is 35.5. The summed E-state index contributed by atoms with van der Waals surface area (Å²) in [5, 5.41) is 14.3. The van der Waals surface area contributed by atoms with Crippen LogP contribution in [0.25, 0.3) is 6.08 Å². The van der Waals surface area contributed by atoms with E-state index < -0.39 is 5.54 Å². The average molecular weight is 335 g/mol. The summed E-state index contributed by atoms with van der Waals surface area (Å²) in [5.74, 6) is 0.254. The first-order valence-corrected chi connectivity index (χ1v) is 8.28. The van der Waals surface area contributed by atoms with Gasteiger partial charge in [0.25, 0.3) is 0 Å². The molecule has 0 unspecified atom stereocenters. The Morgan fingerprint density at radius 1 is 1.57 bits per heavy atom. The van der Waals surface area contributed by atoms with Crippen LogP contribution in [0.4, 0.5) is 0 Å². The van der Waals surface area contributed by atoms with Crippen LogP contribution in [-0.2, 0) is 11.3 Å². The fourth-order valence-corrected chi connectivity index (χ4v) is 3.04. The molecule has 0 saturated heterocycles. The SMILES string of the molecule is Cc1nn(CC(C)C)c(Cl)c1/C=C/C(=O)N(C)C1(C#N)CCC1. The first-order valence-electron chi connectivity index (χ1n) is 7.91. The lowest BCUT2D eigenvalue weighted by Gasteiger charge is -2.42. The number of carbonyl (C=O) groups is 1. The van der Waals surface area contributed by atoms with Gasteiger partial charge in [0.15, 0.2) is 0 Å². The molecule has 5 nitrogen and oxygen atoms in total. The maximum absolute atomic E-state index is 12.3. The van der Waals surface area contributed by atoms with Gasteiger partial charge in [0, 0.05) is 25.2 Å². The molecule has 0 aromatic carbocycles. The number of carbonyl (C=O) groups excluding carboxylic acids is 1. The van der Waals surface area contributed by atoms with Crippen molar-refractivity contribution in [3.05, 3.63) is 22.5 Å². The van der Waals surface area contributed by atoms with E-state index >= 15 is 0 Å². The third-order valence-electron chi connectivity index (χ3n) is 4.40. The number of hydrogen-bond donors (Lipinski definition) is 0. The van der Waals surface area contributed by atoms with E-state index in [-0.39, 0.29) is 5.91 Å². The van der Waals surface area contributed by atoms with E-state index in [9.17, 15) is 10.1 Å². The maximum atomic E-state index is 12.3. The molecule has 1 aromatic heterocycles. The van der Waals surface area contributed by atoms with Crippen LogP contribution in [0.5, 0.6) is 0 Å². The Kier molecular flexibility index (Phi) is 5.16. The number of likely N-dealkylation sites (N-methyl/N-ethyl adjacent to an activating group) is 1. The van der Waals surface area contributed by atoms with Crippen molar-refractivity contribution in [1.29, 1.82) is 5.26 Å². The Labute approximate surface area is 142 Å². The lowest BCUT2D eigenvalue weighted by atomic mass is 9.76. The maximum Gasteiger partial charge on any atom is 0.247 e. The Hall–Kier alpha value is -1.80. The van der Waals surface area contributed by atoms with Crippen molar-refractivity contribution < 1.29 is 4.79 Å². The van der Waals surface area contributed by atoms with Gasteiger partial charge in [-0.3, -0.25) is 9.48 Å². The summed E-state index contributed by atoms with van der Waals surface area (Å²) >= 11 is 6.36. The number of nitrogens with zero attached hydrogens (tertiary/aromatic N) is 4. The molecule has 1 fully saturated rings. The molecule has 1 saturated carbocycles. The Morgan fingerprint density at radius 3 is 2.70 bits per heavy atom. The van der Waals surface area contributed by atoms with Crippen molar-refractivity contribution in [1.82, 2.24) is 14.7 Å². The molecule has 6 heteroatoms. The van der Waals surface area contributed by atoms with Gasteiger partial charge < -0.3 is 4.90 Å². The van der Waals surface area contributed by atoms with Crippen molar-refractivity contribution in [3.8, 4) is 6.07 Å².